The van der Waals surface area contributed by atoms with Gasteiger partial charge in [0.25, 0.3) is 0 Å². The molecule has 0 bridgehead atoms. The Morgan fingerprint density at radius 2 is 1.89 bits per heavy atom. The number of benzene rings is 1. The van der Waals surface area contributed by atoms with Gasteiger partial charge in [0, 0.05) is 4.70 Å². The fraction of sp³-hybridized carbons (Fsp3) is 0.500. The topological polar surface area (TPSA) is 9.23 Å². The highest BCUT2D eigenvalue weighted by molar-refractivity contribution is 7.17. The van der Waals surface area contributed by atoms with E-state index in [0.29, 0.717) is 0 Å². The average molecular weight is 260 g/mol. The normalized spacial score (nSPS) is 17.8. The van der Waals surface area contributed by atoms with Crippen molar-refractivity contribution in [2.24, 2.45) is 0 Å². The minimum Gasteiger partial charge on any atom is -0.497 e. The Labute approximate surface area is 113 Å². The molecule has 2 aromatic rings. The van der Waals surface area contributed by atoms with Crippen molar-refractivity contribution < 1.29 is 4.74 Å². The van der Waals surface area contributed by atoms with E-state index in [4.69, 9.17) is 4.74 Å². The van der Waals surface area contributed by atoms with E-state index in [2.05, 4.69) is 23.6 Å². The molecular formula is C16H20OS. The maximum absolute atomic E-state index is 5.30. The fourth-order valence-corrected chi connectivity index (χ4v) is 4.13. The zero-order valence-electron chi connectivity index (χ0n) is 10.9. The van der Waals surface area contributed by atoms with Crippen molar-refractivity contribution in [2.75, 3.05) is 7.11 Å². The van der Waals surface area contributed by atoms with Crippen LogP contribution in [-0.2, 0) is 0 Å². The molecule has 1 heterocycles. The van der Waals surface area contributed by atoms with Crippen molar-refractivity contribution >= 4 is 21.4 Å². The summed E-state index contributed by atoms with van der Waals surface area (Å²) in [4.78, 5) is 0. The van der Waals surface area contributed by atoms with Gasteiger partial charge >= 0.3 is 0 Å². The largest absolute Gasteiger partial charge is 0.497 e. The summed E-state index contributed by atoms with van der Waals surface area (Å²) in [6.45, 7) is 0. The molecule has 1 saturated carbocycles. The molecule has 1 aliphatic rings. The average Bonchev–Trinajstić information content (AvgIpc) is 2.64. The first kappa shape index (κ1) is 12.0. The SMILES string of the molecule is COc1ccc2c(C3CCCCCC3)csc2c1. The molecule has 0 N–H and O–H groups in total. The summed E-state index contributed by atoms with van der Waals surface area (Å²) in [7, 11) is 1.74. The van der Waals surface area contributed by atoms with Gasteiger partial charge in [-0.1, -0.05) is 25.7 Å². The molecule has 1 nitrogen and oxygen atoms in total. The van der Waals surface area contributed by atoms with E-state index >= 15 is 0 Å². The Morgan fingerprint density at radius 3 is 2.61 bits per heavy atom. The lowest BCUT2D eigenvalue weighted by Gasteiger charge is -2.13. The van der Waals surface area contributed by atoms with Crippen LogP contribution < -0.4 is 4.74 Å². The van der Waals surface area contributed by atoms with Gasteiger partial charge < -0.3 is 4.74 Å². The van der Waals surface area contributed by atoms with Gasteiger partial charge in [-0.3, -0.25) is 0 Å². The first-order valence-electron chi connectivity index (χ1n) is 6.93. The smallest absolute Gasteiger partial charge is 0.120 e. The van der Waals surface area contributed by atoms with E-state index in [1.165, 1.54) is 48.6 Å². The zero-order chi connectivity index (χ0) is 12.4. The van der Waals surface area contributed by atoms with Crippen molar-refractivity contribution in [2.45, 2.75) is 44.4 Å². The molecular weight excluding hydrogens is 240 g/mol. The fourth-order valence-electron chi connectivity index (χ4n) is 3.06. The Balaban J connectivity index is 1.96. The first-order chi connectivity index (χ1) is 8.88. The third-order valence-corrected chi connectivity index (χ3v) is 5.07. The van der Waals surface area contributed by atoms with Gasteiger partial charge in [0.1, 0.15) is 5.75 Å². The summed E-state index contributed by atoms with van der Waals surface area (Å²) < 4.78 is 6.67. The van der Waals surface area contributed by atoms with Crippen LogP contribution >= 0.6 is 11.3 Å². The highest BCUT2D eigenvalue weighted by Gasteiger charge is 2.17. The van der Waals surface area contributed by atoms with Gasteiger partial charge in [-0.15, -0.1) is 11.3 Å². The molecule has 2 heteroatoms. The molecule has 1 aromatic heterocycles. The quantitative estimate of drug-likeness (QED) is 0.661. The van der Waals surface area contributed by atoms with Crippen LogP contribution in [-0.4, -0.2) is 7.11 Å². The van der Waals surface area contributed by atoms with E-state index in [0.717, 1.165) is 11.7 Å². The van der Waals surface area contributed by atoms with Crippen molar-refractivity contribution in [3.63, 3.8) is 0 Å². The van der Waals surface area contributed by atoms with Crippen LogP contribution in [0.1, 0.15) is 50.0 Å². The molecule has 0 spiro atoms. The third kappa shape index (κ3) is 2.26. The Morgan fingerprint density at radius 1 is 1.11 bits per heavy atom. The molecule has 0 amide bonds. The van der Waals surface area contributed by atoms with Crippen LogP contribution in [0.5, 0.6) is 5.75 Å². The van der Waals surface area contributed by atoms with Gasteiger partial charge in [-0.05, 0) is 53.3 Å². The van der Waals surface area contributed by atoms with Gasteiger partial charge in [-0.25, -0.2) is 0 Å². The molecule has 0 radical (unpaired) electrons. The number of hydrogen-bond donors (Lipinski definition) is 0. The second-order valence-electron chi connectivity index (χ2n) is 5.24. The third-order valence-electron chi connectivity index (χ3n) is 4.11. The van der Waals surface area contributed by atoms with Crippen molar-refractivity contribution in [3.8, 4) is 5.75 Å². The molecule has 1 fully saturated rings. The molecule has 0 unspecified atom stereocenters. The summed E-state index contributed by atoms with van der Waals surface area (Å²) in [6.07, 6.45) is 8.39. The van der Waals surface area contributed by atoms with E-state index in [1.807, 2.05) is 11.3 Å². The lowest BCUT2D eigenvalue weighted by Crippen LogP contribution is -1.95. The number of fused-ring (bicyclic) bond motifs is 1. The first-order valence-corrected chi connectivity index (χ1v) is 7.81. The highest BCUT2D eigenvalue weighted by atomic mass is 32.1. The van der Waals surface area contributed by atoms with E-state index in [9.17, 15) is 0 Å². The molecule has 1 aliphatic carbocycles. The van der Waals surface area contributed by atoms with Crippen LogP contribution in [0.15, 0.2) is 23.6 Å². The number of ether oxygens (including phenoxy) is 1. The van der Waals surface area contributed by atoms with Crippen molar-refractivity contribution in [3.05, 3.63) is 29.1 Å². The van der Waals surface area contributed by atoms with Crippen molar-refractivity contribution in [1.82, 2.24) is 0 Å². The summed E-state index contributed by atoms with van der Waals surface area (Å²) in [5, 5.41) is 3.83. The van der Waals surface area contributed by atoms with Crippen LogP contribution in [0, 0.1) is 0 Å². The molecule has 0 aliphatic heterocycles. The summed E-state index contributed by atoms with van der Waals surface area (Å²) in [5.41, 5.74) is 1.58. The lowest BCUT2D eigenvalue weighted by molar-refractivity contribution is 0.415. The number of rotatable bonds is 2. The minimum absolute atomic E-state index is 0.787. The Hall–Kier alpha value is -1.02. The molecule has 0 saturated heterocycles. The Bertz CT molecular complexity index is 521. The van der Waals surface area contributed by atoms with Gasteiger partial charge in [0.15, 0.2) is 0 Å². The van der Waals surface area contributed by atoms with Crippen molar-refractivity contribution in [1.29, 1.82) is 0 Å². The highest BCUT2D eigenvalue weighted by Crippen LogP contribution is 2.39. The minimum atomic E-state index is 0.787. The Kier molecular flexibility index (Phi) is 3.55. The summed E-state index contributed by atoms with van der Waals surface area (Å²) in [5.74, 6) is 1.76. The number of methoxy groups -OCH3 is 1. The van der Waals surface area contributed by atoms with Gasteiger partial charge in [0.05, 0.1) is 7.11 Å². The second kappa shape index (κ2) is 5.31. The summed E-state index contributed by atoms with van der Waals surface area (Å²) in [6, 6.07) is 6.50. The predicted molar refractivity (Wildman–Crippen MR) is 78.8 cm³/mol. The zero-order valence-corrected chi connectivity index (χ0v) is 11.8. The van der Waals surface area contributed by atoms with Crippen LogP contribution in [0.2, 0.25) is 0 Å². The van der Waals surface area contributed by atoms with Gasteiger partial charge in [0.2, 0.25) is 0 Å². The predicted octanol–water partition coefficient (Wildman–Crippen LogP) is 5.35. The molecule has 18 heavy (non-hydrogen) atoms. The van der Waals surface area contributed by atoms with Crippen LogP contribution in [0.25, 0.3) is 10.1 Å². The molecule has 3 rings (SSSR count). The number of thiophene rings is 1. The monoisotopic (exact) mass is 260 g/mol. The molecule has 96 valence electrons. The molecule has 1 aromatic carbocycles. The maximum atomic E-state index is 5.30. The van der Waals surface area contributed by atoms with Crippen LogP contribution in [0.4, 0.5) is 0 Å². The standard InChI is InChI=1S/C16H20OS/c1-17-13-8-9-14-15(11-18-16(14)10-13)12-6-4-2-3-5-7-12/h8-12H,2-7H2,1H3. The van der Waals surface area contributed by atoms with Crippen LogP contribution in [0.3, 0.4) is 0 Å². The van der Waals surface area contributed by atoms with E-state index in [-0.39, 0.29) is 0 Å². The lowest BCUT2D eigenvalue weighted by atomic mass is 9.91. The van der Waals surface area contributed by atoms with E-state index < -0.39 is 0 Å². The number of hydrogen-bond acceptors (Lipinski definition) is 2. The summed E-state index contributed by atoms with van der Waals surface area (Å²) >= 11 is 1.86. The maximum Gasteiger partial charge on any atom is 0.120 e. The molecule has 0 atom stereocenters. The van der Waals surface area contributed by atoms with Gasteiger partial charge in [-0.2, -0.15) is 0 Å². The van der Waals surface area contributed by atoms with E-state index in [1.54, 1.807) is 12.7 Å². The second-order valence-corrected chi connectivity index (χ2v) is 6.15.